The molecule has 3 rings (SSSR count). The summed E-state index contributed by atoms with van der Waals surface area (Å²) in [4.78, 5) is 2.64. The summed E-state index contributed by atoms with van der Waals surface area (Å²) in [5.74, 6) is 5.96. The molecule has 0 bridgehead atoms. The van der Waals surface area contributed by atoms with Crippen LogP contribution in [0.3, 0.4) is 0 Å². The second-order valence-electron chi connectivity index (χ2n) is 5.97. The Morgan fingerprint density at radius 1 is 1.35 bits per heavy atom. The predicted octanol–water partition coefficient (Wildman–Crippen LogP) is 1.77. The van der Waals surface area contributed by atoms with Crippen LogP contribution in [-0.4, -0.2) is 42.8 Å². The van der Waals surface area contributed by atoms with Gasteiger partial charge in [0.15, 0.2) is 0 Å². The van der Waals surface area contributed by atoms with Crippen molar-refractivity contribution in [2.75, 3.05) is 26.3 Å². The number of ether oxygens (including phenoxy) is 1. The quantitative estimate of drug-likeness (QED) is 0.642. The molecule has 0 aromatic carbocycles. The third kappa shape index (κ3) is 2.78. The molecule has 2 heterocycles. The number of morpholine rings is 1. The molecule has 4 nitrogen and oxygen atoms in total. The molecule has 1 saturated carbocycles. The summed E-state index contributed by atoms with van der Waals surface area (Å²) < 4.78 is 5.53. The second kappa shape index (κ2) is 6.54. The minimum Gasteiger partial charge on any atom is -0.379 e. The highest BCUT2D eigenvalue weighted by molar-refractivity contribution is 7.07. The fourth-order valence-corrected chi connectivity index (χ4v) is 4.61. The molecule has 1 atom stereocenters. The lowest BCUT2D eigenvalue weighted by Gasteiger charge is -2.48. The summed E-state index contributed by atoms with van der Waals surface area (Å²) in [7, 11) is 0. The van der Waals surface area contributed by atoms with E-state index < -0.39 is 0 Å². The van der Waals surface area contributed by atoms with E-state index in [2.05, 4.69) is 27.2 Å². The molecule has 2 fully saturated rings. The van der Waals surface area contributed by atoms with Crippen LogP contribution in [0.5, 0.6) is 0 Å². The molecule has 1 aliphatic carbocycles. The third-order valence-corrected chi connectivity index (χ3v) is 5.71. The van der Waals surface area contributed by atoms with E-state index in [4.69, 9.17) is 10.6 Å². The Balaban J connectivity index is 1.79. The lowest BCUT2D eigenvalue weighted by molar-refractivity contribution is -0.0357. The SMILES string of the molecule is NNC(Cc1ccsc1)C1(N2CCOCC2)CCCC1. The van der Waals surface area contributed by atoms with Gasteiger partial charge in [-0.3, -0.25) is 16.2 Å². The highest BCUT2D eigenvalue weighted by atomic mass is 32.1. The zero-order valence-electron chi connectivity index (χ0n) is 12.0. The molecule has 20 heavy (non-hydrogen) atoms. The molecule has 3 N–H and O–H groups in total. The predicted molar refractivity (Wildman–Crippen MR) is 82.7 cm³/mol. The Labute approximate surface area is 125 Å². The van der Waals surface area contributed by atoms with Gasteiger partial charge in [0.2, 0.25) is 0 Å². The topological polar surface area (TPSA) is 50.5 Å². The number of nitrogens with two attached hydrogens (primary N) is 1. The van der Waals surface area contributed by atoms with E-state index in [-0.39, 0.29) is 5.54 Å². The smallest absolute Gasteiger partial charge is 0.0594 e. The van der Waals surface area contributed by atoms with Crippen molar-refractivity contribution in [3.8, 4) is 0 Å². The van der Waals surface area contributed by atoms with Gasteiger partial charge in [-0.05, 0) is 41.7 Å². The van der Waals surface area contributed by atoms with Crippen molar-refractivity contribution < 1.29 is 4.74 Å². The highest BCUT2D eigenvalue weighted by Crippen LogP contribution is 2.39. The van der Waals surface area contributed by atoms with Gasteiger partial charge in [-0.15, -0.1) is 0 Å². The lowest BCUT2D eigenvalue weighted by Crippen LogP contribution is -2.64. The maximum Gasteiger partial charge on any atom is 0.0594 e. The molecule has 1 aromatic heterocycles. The van der Waals surface area contributed by atoms with Crippen LogP contribution in [0.25, 0.3) is 0 Å². The summed E-state index contributed by atoms with van der Waals surface area (Å²) in [5, 5.41) is 4.39. The first-order chi connectivity index (χ1) is 9.85. The number of nitrogens with one attached hydrogen (secondary N) is 1. The third-order valence-electron chi connectivity index (χ3n) is 4.98. The van der Waals surface area contributed by atoms with Crippen molar-refractivity contribution in [2.24, 2.45) is 5.84 Å². The van der Waals surface area contributed by atoms with Gasteiger partial charge in [-0.25, -0.2) is 0 Å². The molecular weight excluding hydrogens is 270 g/mol. The fourth-order valence-electron chi connectivity index (χ4n) is 3.93. The van der Waals surface area contributed by atoms with E-state index in [1.54, 1.807) is 11.3 Å². The molecule has 1 saturated heterocycles. The van der Waals surface area contributed by atoms with Gasteiger partial charge in [-0.2, -0.15) is 11.3 Å². The zero-order chi connectivity index (χ0) is 13.8. The van der Waals surface area contributed by atoms with Crippen LogP contribution in [0.2, 0.25) is 0 Å². The van der Waals surface area contributed by atoms with Gasteiger partial charge in [-0.1, -0.05) is 12.8 Å². The standard InChI is InChI=1S/C15H25N3OS/c16-17-14(11-13-3-10-20-12-13)15(4-1-2-5-15)18-6-8-19-9-7-18/h3,10,12,14,17H,1-2,4-9,11,16H2. The molecule has 2 aliphatic rings. The normalized spacial score (nSPS) is 24.9. The van der Waals surface area contributed by atoms with Crippen molar-refractivity contribution >= 4 is 11.3 Å². The van der Waals surface area contributed by atoms with Crippen LogP contribution >= 0.6 is 11.3 Å². The summed E-state index contributed by atoms with van der Waals surface area (Å²) in [6.07, 6.45) is 6.17. The number of hydrogen-bond donors (Lipinski definition) is 2. The van der Waals surface area contributed by atoms with Crippen molar-refractivity contribution in [1.82, 2.24) is 10.3 Å². The van der Waals surface area contributed by atoms with E-state index in [1.807, 2.05) is 0 Å². The van der Waals surface area contributed by atoms with Crippen LogP contribution in [0, 0.1) is 0 Å². The van der Waals surface area contributed by atoms with Crippen LogP contribution in [0.15, 0.2) is 16.8 Å². The second-order valence-corrected chi connectivity index (χ2v) is 6.75. The molecule has 0 amide bonds. The molecule has 112 valence electrons. The largest absolute Gasteiger partial charge is 0.379 e. The molecule has 0 radical (unpaired) electrons. The van der Waals surface area contributed by atoms with Crippen LogP contribution in [0.1, 0.15) is 31.2 Å². The zero-order valence-corrected chi connectivity index (χ0v) is 12.8. The molecule has 0 spiro atoms. The van der Waals surface area contributed by atoms with Crippen LogP contribution < -0.4 is 11.3 Å². The van der Waals surface area contributed by atoms with Crippen molar-refractivity contribution in [3.05, 3.63) is 22.4 Å². The number of hydrazine groups is 1. The summed E-state index contributed by atoms with van der Waals surface area (Å²) in [5.41, 5.74) is 4.77. The van der Waals surface area contributed by atoms with E-state index in [1.165, 1.54) is 31.2 Å². The van der Waals surface area contributed by atoms with E-state index in [9.17, 15) is 0 Å². The van der Waals surface area contributed by atoms with Gasteiger partial charge < -0.3 is 4.74 Å². The van der Waals surface area contributed by atoms with E-state index in [0.717, 1.165) is 32.7 Å². The van der Waals surface area contributed by atoms with Gasteiger partial charge in [0, 0.05) is 24.7 Å². The maximum absolute atomic E-state index is 5.96. The lowest BCUT2D eigenvalue weighted by atomic mass is 9.83. The van der Waals surface area contributed by atoms with Crippen LogP contribution in [-0.2, 0) is 11.2 Å². The van der Waals surface area contributed by atoms with E-state index in [0.29, 0.717) is 6.04 Å². The monoisotopic (exact) mass is 295 g/mol. The van der Waals surface area contributed by atoms with Crippen LogP contribution in [0.4, 0.5) is 0 Å². The molecular formula is C15H25N3OS. The summed E-state index contributed by atoms with van der Waals surface area (Å²) in [6.45, 7) is 3.80. The van der Waals surface area contributed by atoms with Gasteiger partial charge in [0.05, 0.1) is 13.2 Å². The Morgan fingerprint density at radius 3 is 2.70 bits per heavy atom. The summed E-state index contributed by atoms with van der Waals surface area (Å²) in [6, 6.07) is 2.55. The minimum absolute atomic E-state index is 0.223. The average molecular weight is 295 g/mol. The Bertz CT molecular complexity index is 397. The van der Waals surface area contributed by atoms with Crippen molar-refractivity contribution in [1.29, 1.82) is 0 Å². The Kier molecular flexibility index (Phi) is 4.73. The number of rotatable bonds is 5. The van der Waals surface area contributed by atoms with E-state index >= 15 is 0 Å². The van der Waals surface area contributed by atoms with Gasteiger partial charge in [0.1, 0.15) is 0 Å². The molecule has 1 unspecified atom stereocenters. The average Bonchev–Trinajstić information content (AvgIpc) is 3.18. The fraction of sp³-hybridized carbons (Fsp3) is 0.733. The Morgan fingerprint density at radius 2 is 2.10 bits per heavy atom. The van der Waals surface area contributed by atoms with Crippen molar-refractivity contribution in [3.63, 3.8) is 0 Å². The minimum atomic E-state index is 0.223. The molecule has 5 heteroatoms. The number of nitrogens with zero attached hydrogens (tertiary/aromatic N) is 1. The Hall–Kier alpha value is -0.460. The first-order valence-electron chi connectivity index (χ1n) is 7.65. The number of hydrogen-bond acceptors (Lipinski definition) is 5. The molecule has 1 aromatic rings. The summed E-state index contributed by atoms with van der Waals surface area (Å²) >= 11 is 1.77. The highest BCUT2D eigenvalue weighted by Gasteiger charge is 2.45. The first-order valence-corrected chi connectivity index (χ1v) is 8.59. The molecule has 1 aliphatic heterocycles. The maximum atomic E-state index is 5.96. The van der Waals surface area contributed by atoms with Crippen molar-refractivity contribution in [2.45, 2.75) is 43.7 Å². The van der Waals surface area contributed by atoms with Gasteiger partial charge >= 0.3 is 0 Å². The first kappa shape index (κ1) is 14.5. The number of thiophene rings is 1. The van der Waals surface area contributed by atoms with Gasteiger partial charge in [0.25, 0.3) is 0 Å².